The number of allylic oxidation sites excluding steroid dienone is 1. The molecule has 3 nitrogen and oxygen atoms in total. The Morgan fingerprint density at radius 2 is 2.50 bits per heavy atom. The fourth-order valence-electron chi connectivity index (χ4n) is 0.661. The first-order valence-corrected chi connectivity index (χ1v) is 3.61. The van der Waals surface area contributed by atoms with Gasteiger partial charge in [-0.05, 0) is 6.08 Å². The molecule has 0 saturated carbocycles. The number of aromatic nitrogens is 1. The number of rotatable bonds is 0. The van der Waals surface area contributed by atoms with E-state index < -0.39 is 0 Å². The van der Waals surface area contributed by atoms with Crippen molar-refractivity contribution in [2.75, 3.05) is 0 Å². The molecule has 0 atom stereocenters. The average Bonchev–Trinajstić information content (AvgIpc) is 2.28. The van der Waals surface area contributed by atoms with Crippen molar-refractivity contribution in [2.24, 2.45) is 10.2 Å². The zero-order chi connectivity index (χ0) is 6.81. The van der Waals surface area contributed by atoms with Gasteiger partial charge in [0.05, 0.1) is 10.0 Å². The standard InChI is InChI=1S/C6H3N3S/c1-2-5-6(7-4-10-5)9-8-3-1/h1-2,4H. The van der Waals surface area contributed by atoms with Crippen molar-refractivity contribution in [3.05, 3.63) is 21.6 Å². The maximum absolute atomic E-state index is 3.98. The van der Waals surface area contributed by atoms with E-state index >= 15 is 0 Å². The van der Waals surface area contributed by atoms with Crippen LogP contribution in [0.2, 0.25) is 0 Å². The minimum absolute atomic E-state index is 0.686. The van der Waals surface area contributed by atoms with Crippen LogP contribution >= 0.6 is 11.3 Å². The molecule has 1 aliphatic rings. The van der Waals surface area contributed by atoms with Crippen molar-refractivity contribution in [1.29, 1.82) is 0 Å². The Balaban J connectivity index is 2.94. The summed E-state index contributed by atoms with van der Waals surface area (Å²) < 4.78 is 1.04. The molecular formula is C6H3N3S. The molecule has 1 aromatic rings. The van der Waals surface area contributed by atoms with Gasteiger partial charge in [-0.25, -0.2) is 4.98 Å². The van der Waals surface area contributed by atoms with Gasteiger partial charge < -0.3 is 0 Å². The van der Waals surface area contributed by atoms with Crippen LogP contribution in [0, 0.1) is 0 Å². The van der Waals surface area contributed by atoms with E-state index in [4.69, 9.17) is 0 Å². The van der Waals surface area contributed by atoms with Gasteiger partial charge in [0.2, 0.25) is 0 Å². The number of hydrogen-bond donors (Lipinski definition) is 0. The molecule has 2 rings (SSSR count). The highest BCUT2D eigenvalue weighted by atomic mass is 32.1. The lowest BCUT2D eigenvalue weighted by Crippen LogP contribution is -2.19. The molecule has 0 fully saturated rings. The molecule has 0 N–H and O–H groups in total. The van der Waals surface area contributed by atoms with Gasteiger partial charge in [-0.15, -0.1) is 21.5 Å². The van der Waals surface area contributed by atoms with Gasteiger partial charge in [0.25, 0.3) is 0 Å². The van der Waals surface area contributed by atoms with Gasteiger partial charge in [-0.2, -0.15) is 0 Å². The molecule has 2 heterocycles. The number of nitrogens with zero attached hydrogens (tertiary/aromatic N) is 3. The van der Waals surface area contributed by atoms with Gasteiger partial charge in [0, 0.05) is 11.9 Å². The minimum atomic E-state index is 0.686. The highest BCUT2D eigenvalue weighted by Crippen LogP contribution is 1.79. The predicted molar refractivity (Wildman–Crippen MR) is 39.4 cm³/mol. The van der Waals surface area contributed by atoms with Crippen molar-refractivity contribution in [1.82, 2.24) is 4.98 Å². The molecule has 10 heavy (non-hydrogen) atoms. The smallest absolute Gasteiger partial charge is 0.193 e. The van der Waals surface area contributed by atoms with Crippen molar-refractivity contribution >= 4 is 23.3 Å². The van der Waals surface area contributed by atoms with Crippen LogP contribution < -0.4 is 10.0 Å². The molecule has 4 heteroatoms. The molecule has 0 unspecified atom stereocenters. The molecule has 1 aliphatic heterocycles. The van der Waals surface area contributed by atoms with Crippen LogP contribution in [0.25, 0.3) is 6.08 Å². The minimum Gasteiger partial charge on any atom is -0.223 e. The summed E-state index contributed by atoms with van der Waals surface area (Å²) in [4.78, 5) is 3.98. The van der Waals surface area contributed by atoms with Crippen LogP contribution in [0.4, 0.5) is 0 Å². The SMILES string of the molecule is C1=CC=c2scnc2=NN=1. The quantitative estimate of drug-likeness (QED) is 0.499. The van der Waals surface area contributed by atoms with E-state index in [1.807, 2.05) is 6.08 Å². The Morgan fingerprint density at radius 3 is 3.50 bits per heavy atom. The summed E-state index contributed by atoms with van der Waals surface area (Å²) in [6.45, 7) is 0. The highest BCUT2D eigenvalue weighted by molar-refractivity contribution is 7.07. The van der Waals surface area contributed by atoms with E-state index in [-0.39, 0.29) is 0 Å². The fourth-order valence-corrected chi connectivity index (χ4v) is 1.27. The van der Waals surface area contributed by atoms with E-state index in [2.05, 4.69) is 21.1 Å². The maximum Gasteiger partial charge on any atom is 0.193 e. The summed E-state index contributed by atoms with van der Waals surface area (Å²) in [7, 11) is 0. The molecule has 0 bridgehead atoms. The molecule has 0 amide bonds. The Morgan fingerprint density at radius 1 is 1.50 bits per heavy atom. The van der Waals surface area contributed by atoms with E-state index in [1.54, 1.807) is 22.9 Å². The molecule has 0 radical (unpaired) electrons. The van der Waals surface area contributed by atoms with E-state index in [0.717, 1.165) is 4.53 Å². The van der Waals surface area contributed by atoms with E-state index in [0.29, 0.717) is 5.49 Å². The third-order valence-electron chi connectivity index (χ3n) is 1.09. The third kappa shape index (κ3) is 0.795. The first kappa shape index (κ1) is 5.53. The predicted octanol–water partition coefficient (Wildman–Crippen LogP) is -0.302. The largest absolute Gasteiger partial charge is 0.223 e. The monoisotopic (exact) mass is 149 g/mol. The average molecular weight is 149 g/mol. The topological polar surface area (TPSA) is 37.6 Å². The van der Waals surface area contributed by atoms with Crippen LogP contribution in [0.15, 0.2) is 21.8 Å². The zero-order valence-corrected chi connectivity index (χ0v) is 5.80. The van der Waals surface area contributed by atoms with Crippen molar-refractivity contribution in [3.8, 4) is 0 Å². The van der Waals surface area contributed by atoms with Gasteiger partial charge in [-0.1, -0.05) is 0 Å². The van der Waals surface area contributed by atoms with Crippen LogP contribution in [0.3, 0.4) is 0 Å². The molecule has 0 saturated heterocycles. The van der Waals surface area contributed by atoms with Crippen molar-refractivity contribution < 1.29 is 0 Å². The van der Waals surface area contributed by atoms with Crippen molar-refractivity contribution in [2.45, 2.75) is 0 Å². The highest BCUT2D eigenvalue weighted by Gasteiger charge is 1.88. The second kappa shape index (κ2) is 2.17. The fraction of sp³-hybridized carbons (Fsp3) is 0. The number of hydrogen-bond acceptors (Lipinski definition) is 4. The Labute approximate surface area is 60.8 Å². The van der Waals surface area contributed by atoms with Gasteiger partial charge in [0.15, 0.2) is 5.49 Å². The summed E-state index contributed by atoms with van der Waals surface area (Å²) in [6, 6.07) is 0. The van der Waals surface area contributed by atoms with Crippen molar-refractivity contribution in [3.63, 3.8) is 0 Å². The Kier molecular flexibility index (Phi) is 1.20. The Bertz CT molecular complexity index is 374. The van der Waals surface area contributed by atoms with Gasteiger partial charge in [-0.3, -0.25) is 0 Å². The Hall–Kier alpha value is -1.25. The van der Waals surface area contributed by atoms with Gasteiger partial charge in [0.1, 0.15) is 0 Å². The van der Waals surface area contributed by atoms with Gasteiger partial charge >= 0.3 is 0 Å². The van der Waals surface area contributed by atoms with Crippen LogP contribution in [0.5, 0.6) is 0 Å². The van der Waals surface area contributed by atoms with Crippen LogP contribution in [0.1, 0.15) is 0 Å². The maximum atomic E-state index is 3.98. The first-order valence-electron chi connectivity index (χ1n) is 2.73. The van der Waals surface area contributed by atoms with Crippen LogP contribution in [-0.2, 0) is 0 Å². The molecule has 48 valence electrons. The summed E-state index contributed by atoms with van der Waals surface area (Å²) in [6.07, 6.45) is 3.63. The zero-order valence-electron chi connectivity index (χ0n) is 4.98. The van der Waals surface area contributed by atoms with E-state index in [9.17, 15) is 0 Å². The molecule has 1 aromatic heterocycles. The lowest BCUT2D eigenvalue weighted by atomic mass is 10.5. The second-order valence-electron chi connectivity index (χ2n) is 1.70. The summed E-state index contributed by atoms with van der Waals surface area (Å²) in [5, 5.41) is 7.41. The van der Waals surface area contributed by atoms with E-state index in [1.165, 1.54) is 0 Å². The van der Waals surface area contributed by atoms with Crippen LogP contribution in [-0.4, -0.2) is 10.9 Å². The third-order valence-corrected chi connectivity index (χ3v) is 1.87. The summed E-state index contributed by atoms with van der Waals surface area (Å²) in [5.74, 6) is 2.62. The summed E-state index contributed by atoms with van der Waals surface area (Å²) in [5.41, 5.74) is 2.44. The number of thiazole rings is 1. The molecular weight excluding hydrogens is 146 g/mol. The lowest BCUT2D eigenvalue weighted by Gasteiger charge is -1.66. The number of fused-ring (bicyclic) bond motifs is 1. The first-order chi connectivity index (χ1) is 4.97. The second-order valence-corrected chi connectivity index (χ2v) is 2.59. The normalized spacial score (nSPS) is 13.2. The molecule has 0 aliphatic carbocycles. The lowest BCUT2D eigenvalue weighted by molar-refractivity contribution is 1.07. The molecule has 0 spiro atoms. The molecule has 0 aromatic carbocycles. The summed E-state index contributed by atoms with van der Waals surface area (Å²) >= 11 is 1.55.